The first-order chi connectivity index (χ1) is 15.3. The number of nitrogens with zero attached hydrogens (tertiary/aromatic N) is 2. The Morgan fingerprint density at radius 1 is 1.22 bits per heavy atom. The molecule has 1 aliphatic heterocycles. The summed E-state index contributed by atoms with van der Waals surface area (Å²) in [5.74, 6) is -0.897. The summed E-state index contributed by atoms with van der Waals surface area (Å²) in [6, 6.07) is 13.4. The number of aryl methyl sites for hydroxylation is 1. The summed E-state index contributed by atoms with van der Waals surface area (Å²) in [6.45, 7) is 4.08. The second-order valence-corrected chi connectivity index (χ2v) is 8.06. The summed E-state index contributed by atoms with van der Waals surface area (Å²) in [5, 5.41) is 5.00. The van der Waals surface area contributed by atoms with Gasteiger partial charge < -0.3 is 23.6 Å². The average molecular weight is 440 g/mol. The van der Waals surface area contributed by atoms with Gasteiger partial charge in [0.05, 0.1) is 12.1 Å². The van der Waals surface area contributed by atoms with Crippen molar-refractivity contribution in [2.24, 2.45) is 12.2 Å². The van der Waals surface area contributed by atoms with E-state index in [0.29, 0.717) is 17.0 Å². The molecule has 0 unspecified atom stereocenters. The molecule has 1 fully saturated rings. The monoisotopic (exact) mass is 440 g/mol. The highest BCUT2D eigenvalue weighted by Crippen LogP contribution is 2.27. The summed E-state index contributed by atoms with van der Waals surface area (Å²) in [7, 11) is 3.14. The zero-order valence-electron chi connectivity index (χ0n) is 18.4. The third kappa shape index (κ3) is 4.66. The topological polar surface area (TPSA) is 71.3 Å². The molecule has 1 atom stereocenters. The van der Waals surface area contributed by atoms with Crippen molar-refractivity contribution >= 4 is 16.6 Å². The number of hydrogen-bond donors (Lipinski definition) is 0. The molecule has 2 heterocycles. The minimum Gasteiger partial charge on any atom is -0.489 e. The molecule has 1 aliphatic rings. The van der Waals surface area contributed by atoms with Crippen LogP contribution in [-0.2, 0) is 28.0 Å². The molecular weight excluding hydrogens is 415 g/mol. The van der Waals surface area contributed by atoms with E-state index in [4.69, 9.17) is 19.0 Å². The average Bonchev–Trinajstić information content (AvgIpc) is 3.12. The molecule has 1 saturated heterocycles. The van der Waals surface area contributed by atoms with Gasteiger partial charge in [-0.15, -0.1) is 0 Å². The summed E-state index contributed by atoms with van der Waals surface area (Å²) in [6.07, 6.45) is -0.499. The Bertz CT molecular complexity index is 1230. The molecule has 0 radical (unpaired) electrons. The quantitative estimate of drug-likeness (QED) is 0.431. The zero-order valence-corrected chi connectivity index (χ0v) is 18.4. The minimum atomic E-state index is -0.762. The maximum Gasteiger partial charge on any atom is 0.250 e. The molecular formula is C24H25FN2O5. The predicted molar refractivity (Wildman–Crippen MR) is 118 cm³/mol. The van der Waals surface area contributed by atoms with E-state index < -0.39 is 17.7 Å². The lowest BCUT2D eigenvalue weighted by molar-refractivity contribution is -0.131. The van der Waals surface area contributed by atoms with Crippen LogP contribution in [0, 0.1) is 5.82 Å². The molecule has 4 rings (SSSR count). The van der Waals surface area contributed by atoms with Crippen molar-refractivity contribution in [2.75, 3.05) is 13.7 Å². The maximum absolute atomic E-state index is 14.4. The molecule has 8 heteroatoms. The molecule has 168 valence electrons. The Balaban J connectivity index is 1.58. The highest BCUT2D eigenvalue weighted by atomic mass is 19.1. The van der Waals surface area contributed by atoms with Crippen LogP contribution in [-0.4, -0.2) is 35.9 Å². The third-order valence-corrected chi connectivity index (χ3v) is 5.27. The van der Waals surface area contributed by atoms with Crippen LogP contribution in [0.2, 0.25) is 0 Å². The number of hydrogen-bond acceptors (Lipinski definition) is 6. The Morgan fingerprint density at radius 2 is 2.00 bits per heavy atom. The Morgan fingerprint density at radius 3 is 2.72 bits per heavy atom. The van der Waals surface area contributed by atoms with Crippen LogP contribution in [0.1, 0.15) is 25.0 Å². The molecule has 7 nitrogen and oxygen atoms in total. The number of oxime groups is 1. The van der Waals surface area contributed by atoms with E-state index in [1.54, 1.807) is 37.6 Å². The number of aromatic nitrogens is 1. The molecule has 0 aliphatic carbocycles. The normalized spacial score (nSPS) is 18.2. The van der Waals surface area contributed by atoms with Gasteiger partial charge in [-0.3, -0.25) is 4.79 Å². The molecule has 0 amide bonds. The molecule has 3 aromatic rings. The summed E-state index contributed by atoms with van der Waals surface area (Å²) in [5.41, 5.74) is 2.47. The number of fused-ring (bicyclic) bond motifs is 1. The predicted octanol–water partition coefficient (Wildman–Crippen LogP) is 3.76. The lowest BCUT2D eigenvalue weighted by Crippen LogP contribution is -2.28. The van der Waals surface area contributed by atoms with Crippen molar-refractivity contribution in [3.05, 3.63) is 75.8 Å². The lowest BCUT2D eigenvalue weighted by Gasteiger charge is -2.18. The van der Waals surface area contributed by atoms with E-state index in [9.17, 15) is 9.18 Å². The van der Waals surface area contributed by atoms with E-state index >= 15 is 0 Å². The standard InChI is InChI=1S/C24H25FN2O5/c1-24(2)31-14-21(32-24)23(26-29-4)17-10-18(25)12-19(11-17)30-13-15-5-6-16-7-8-22(28)27(3)20(16)9-15/h5-12,21H,13-14H2,1-4H3/b26-23+/t21-/m1/s1. The number of rotatable bonds is 6. The van der Waals surface area contributed by atoms with Crippen LogP contribution < -0.4 is 10.3 Å². The summed E-state index contributed by atoms with van der Waals surface area (Å²) in [4.78, 5) is 16.9. The Hall–Kier alpha value is -3.23. The van der Waals surface area contributed by atoms with E-state index in [0.717, 1.165) is 16.5 Å². The largest absolute Gasteiger partial charge is 0.489 e. The Kier molecular flexibility index (Phi) is 5.99. The fourth-order valence-corrected chi connectivity index (χ4v) is 3.68. The highest BCUT2D eigenvalue weighted by molar-refractivity contribution is 6.04. The van der Waals surface area contributed by atoms with Crippen LogP contribution in [0.5, 0.6) is 5.75 Å². The third-order valence-electron chi connectivity index (χ3n) is 5.27. The second-order valence-electron chi connectivity index (χ2n) is 8.06. The maximum atomic E-state index is 14.4. The fourth-order valence-electron chi connectivity index (χ4n) is 3.68. The van der Waals surface area contributed by atoms with Gasteiger partial charge in [-0.2, -0.15) is 0 Å². The van der Waals surface area contributed by atoms with Gasteiger partial charge in [-0.05, 0) is 49.1 Å². The first-order valence-corrected chi connectivity index (χ1v) is 10.2. The van der Waals surface area contributed by atoms with Crippen molar-refractivity contribution < 1.29 is 23.4 Å². The minimum absolute atomic E-state index is 0.0865. The zero-order chi connectivity index (χ0) is 22.9. The molecule has 0 spiro atoms. The lowest BCUT2D eigenvalue weighted by atomic mass is 10.1. The second kappa shape index (κ2) is 8.72. The molecule has 1 aromatic heterocycles. The van der Waals surface area contributed by atoms with Crippen LogP contribution >= 0.6 is 0 Å². The molecule has 0 saturated carbocycles. The van der Waals surface area contributed by atoms with Crippen molar-refractivity contribution in [3.63, 3.8) is 0 Å². The van der Waals surface area contributed by atoms with Crippen LogP contribution in [0.4, 0.5) is 4.39 Å². The van der Waals surface area contributed by atoms with Crippen LogP contribution in [0.3, 0.4) is 0 Å². The summed E-state index contributed by atoms with van der Waals surface area (Å²) < 4.78 is 33.3. The Labute approximate surface area is 185 Å². The fraction of sp³-hybridized carbons (Fsp3) is 0.333. The van der Waals surface area contributed by atoms with Gasteiger partial charge in [-0.1, -0.05) is 17.3 Å². The van der Waals surface area contributed by atoms with Crippen molar-refractivity contribution in [1.82, 2.24) is 4.57 Å². The molecule has 0 N–H and O–H groups in total. The number of pyridine rings is 1. The SMILES string of the molecule is CO/N=C(\c1cc(F)cc(OCc2ccc3ccc(=O)n(C)c3c2)c1)[C@H]1COC(C)(C)O1. The molecule has 2 aromatic carbocycles. The summed E-state index contributed by atoms with van der Waals surface area (Å²) >= 11 is 0. The van der Waals surface area contributed by atoms with Gasteiger partial charge in [-0.25, -0.2) is 4.39 Å². The van der Waals surface area contributed by atoms with E-state index in [1.165, 1.54) is 25.3 Å². The van der Waals surface area contributed by atoms with Crippen LogP contribution in [0.25, 0.3) is 10.9 Å². The van der Waals surface area contributed by atoms with Crippen molar-refractivity contribution in [2.45, 2.75) is 32.3 Å². The number of halogens is 1. The van der Waals surface area contributed by atoms with Crippen molar-refractivity contribution in [1.29, 1.82) is 0 Å². The number of benzene rings is 2. The van der Waals surface area contributed by atoms with E-state index in [1.807, 2.05) is 18.2 Å². The van der Waals surface area contributed by atoms with Gasteiger partial charge >= 0.3 is 0 Å². The van der Waals surface area contributed by atoms with Crippen molar-refractivity contribution in [3.8, 4) is 5.75 Å². The molecule has 32 heavy (non-hydrogen) atoms. The van der Waals surface area contributed by atoms with Gasteiger partial charge in [0.25, 0.3) is 5.56 Å². The van der Waals surface area contributed by atoms with E-state index in [-0.39, 0.29) is 18.8 Å². The van der Waals surface area contributed by atoms with Gasteiger partial charge in [0.1, 0.15) is 37.1 Å². The first kappa shape index (κ1) is 22.0. The molecule has 0 bridgehead atoms. The smallest absolute Gasteiger partial charge is 0.250 e. The highest BCUT2D eigenvalue weighted by Gasteiger charge is 2.36. The van der Waals surface area contributed by atoms with Gasteiger partial charge in [0.15, 0.2) is 5.79 Å². The van der Waals surface area contributed by atoms with Gasteiger partial charge in [0, 0.05) is 24.7 Å². The number of ether oxygens (including phenoxy) is 3. The van der Waals surface area contributed by atoms with Gasteiger partial charge in [0.2, 0.25) is 0 Å². The first-order valence-electron chi connectivity index (χ1n) is 10.2. The van der Waals surface area contributed by atoms with Crippen LogP contribution in [0.15, 0.2) is 58.5 Å². The van der Waals surface area contributed by atoms with E-state index in [2.05, 4.69) is 5.16 Å².